The molecule has 26 heavy (non-hydrogen) atoms. The number of sulfonamides is 1. The fraction of sp³-hybridized carbons (Fsp3) is 0.167. The summed E-state index contributed by atoms with van der Waals surface area (Å²) in [7, 11) is -3.72. The van der Waals surface area contributed by atoms with Crippen LogP contribution < -0.4 is 15.4 Å². The van der Waals surface area contributed by atoms with E-state index in [9.17, 15) is 12.8 Å². The Kier molecular flexibility index (Phi) is 4.94. The van der Waals surface area contributed by atoms with Gasteiger partial charge < -0.3 is 4.98 Å². The lowest BCUT2D eigenvalue weighted by Crippen LogP contribution is -2.79. The number of aromatic amines is 1. The summed E-state index contributed by atoms with van der Waals surface area (Å²) in [5, 5.41) is 0.813. The summed E-state index contributed by atoms with van der Waals surface area (Å²) in [6, 6.07) is 12.6. The van der Waals surface area contributed by atoms with Gasteiger partial charge >= 0.3 is 16.0 Å². The van der Waals surface area contributed by atoms with Gasteiger partial charge in [0.05, 0.1) is 6.54 Å². The number of benzene rings is 2. The molecule has 0 spiro atoms. The summed E-state index contributed by atoms with van der Waals surface area (Å²) in [5.41, 5.74) is 8.52. The fourth-order valence-electron chi connectivity index (χ4n) is 2.84. The molecular formula is C18H20FN4O2S+. The molecule has 3 aromatic rings. The maximum absolute atomic E-state index is 13.5. The third-order valence-electron chi connectivity index (χ3n) is 4.07. The van der Waals surface area contributed by atoms with Gasteiger partial charge in [-0.15, -0.1) is 0 Å². The molecule has 0 saturated heterocycles. The lowest BCUT2D eigenvalue weighted by atomic mass is 10.1. The van der Waals surface area contributed by atoms with Crippen LogP contribution in [0.25, 0.3) is 10.9 Å². The van der Waals surface area contributed by atoms with Crippen molar-refractivity contribution in [1.82, 2.24) is 9.71 Å². The number of aryl methyl sites for hydroxylation is 1. The quantitative estimate of drug-likeness (QED) is 0.386. The second-order valence-electron chi connectivity index (χ2n) is 5.93. The van der Waals surface area contributed by atoms with Crippen molar-refractivity contribution in [3.8, 4) is 0 Å². The number of H-pyrrole nitrogens is 1. The van der Waals surface area contributed by atoms with Crippen LogP contribution >= 0.6 is 0 Å². The van der Waals surface area contributed by atoms with Crippen LogP contribution in [-0.4, -0.2) is 25.9 Å². The molecule has 0 radical (unpaired) electrons. The predicted octanol–water partition coefficient (Wildman–Crippen LogP) is 0.532. The van der Waals surface area contributed by atoms with Gasteiger partial charge in [-0.1, -0.05) is 18.2 Å². The van der Waals surface area contributed by atoms with Crippen molar-refractivity contribution in [2.75, 3.05) is 6.54 Å². The van der Waals surface area contributed by atoms with Crippen LogP contribution in [0.2, 0.25) is 0 Å². The molecule has 1 heterocycles. The Hall–Kier alpha value is -2.87. The molecule has 0 aliphatic heterocycles. The Morgan fingerprint density at radius 2 is 1.96 bits per heavy atom. The second kappa shape index (κ2) is 7.17. The number of fused-ring (bicyclic) bond motifs is 1. The minimum atomic E-state index is -3.72. The number of hydrogen-bond acceptors (Lipinski definition) is 2. The fourth-order valence-corrected chi connectivity index (χ4v) is 3.83. The second-order valence-corrected chi connectivity index (χ2v) is 7.61. The molecule has 3 rings (SSSR count). The smallest absolute Gasteiger partial charge is 0.356 e. The van der Waals surface area contributed by atoms with Crippen LogP contribution in [0.3, 0.4) is 0 Å². The number of hydrogen-bond donors (Lipinski definition) is 4. The zero-order chi connectivity index (χ0) is 18.7. The summed E-state index contributed by atoms with van der Waals surface area (Å²) >= 11 is 0. The van der Waals surface area contributed by atoms with E-state index in [1.807, 2.05) is 6.92 Å². The Bertz CT molecular complexity index is 1060. The molecule has 6 nitrogen and oxygen atoms in total. The van der Waals surface area contributed by atoms with Crippen molar-refractivity contribution >= 4 is 26.9 Å². The predicted molar refractivity (Wildman–Crippen MR) is 98.5 cm³/mol. The van der Waals surface area contributed by atoms with E-state index in [0.29, 0.717) is 13.0 Å². The lowest BCUT2D eigenvalue weighted by Gasteiger charge is -2.03. The van der Waals surface area contributed by atoms with Crippen molar-refractivity contribution in [2.24, 2.45) is 5.73 Å². The number of nitrogens with one attached hydrogen (secondary N) is 3. The molecule has 1 aromatic heterocycles. The van der Waals surface area contributed by atoms with E-state index in [-0.39, 0.29) is 16.7 Å². The molecule has 0 saturated carbocycles. The summed E-state index contributed by atoms with van der Waals surface area (Å²) in [6.07, 6.45) is 0.559. The standard InChI is InChI=1S/C18H19FN4O2S/c1-12-15(16-11-13(19)7-8-17(16)22-12)9-10-21-18(20)23-26(24,25)14-5-3-2-4-6-14/h2-8,11,22H,9-10H2,1H3,(H3,20,21,23)/p+1. The highest BCUT2D eigenvalue weighted by molar-refractivity contribution is 7.90. The van der Waals surface area contributed by atoms with E-state index in [1.54, 1.807) is 24.3 Å². The topological polar surface area (TPSA) is 102 Å². The first-order valence-electron chi connectivity index (χ1n) is 8.08. The molecule has 0 unspecified atom stereocenters. The molecule has 8 heteroatoms. The maximum Gasteiger partial charge on any atom is 0.356 e. The molecular weight excluding hydrogens is 355 g/mol. The van der Waals surface area contributed by atoms with Gasteiger partial charge in [0.1, 0.15) is 10.7 Å². The van der Waals surface area contributed by atoms with Crippen molar-refractivity contribution in [3.05, 3.63) is 65.6 Å². The molecule has 2 aromatic carbocycles. The van der Waals surface area contributed by atoms with E-state index in [2.05, 4.69) is 14.7 Å². The van der Waals surface area contributed by atoms with Crippen LogP contribution in [-0.2, 0) is 16.4 Å². The van der Waals surface area contributed by atoms with Gasteiger partial charge in [0, 0.05) is 23.0 Å². The van der Waals surface area contributed by atoms with Gasteiger partial charge in [-0.2, -0.15) is 13.1 Å². The van der Waals surface area contributed by atoms with Crippen LogP contribution in [0.15, 0.2) is 53.4 Å². The molecule has 0 atom stereocenters. The van der Waals surface area contributed by atoms with Crippen molar-refractivity contribution in [2.45, 2.75) is 18.2 Å². The zero-order valence-corrected chi connectivity index (χ0v) is 15.0. The van der Waals surface area contributed by atoms with E-state index in [0.717, 1.165) is 22.2 Å². The normalized spacial score (nSPS) is 12.5. The van der Waals surface area contributed by atoms with Gasteiger partial charge in [-0.25, -0.2) is 4.39 Å². The van der Waals surface area contributed by atoms with Crippen molar-refractivity contribution < 1.29 is 17.8 Å². The highest BCUT2D eigenvalue weighted by Crippen LogP contribution is 2.23. The SMILES string of the molecule is Cc1[nH]c2ccc(F)cc2c1CC[NH+]=C(N)NS(=O)(=O)c1ccccc1. The van der Waals surface area contributed by atoms with Gasteiger partial charge in [0.2, 0.25) is 0 Å². The average molecular weight is 375 g/mol. The zero-order valence-electron chi connectivity index (χ0n) is 14.2. The average Bonchev–Trinajstić information content (AvgIpc) is 2.90. The highest BCUT2D eigenvalue weighted by Gasteiger charge is 2.18. The summed E-state index contributed by atoms with van der Waals surface area (Å²) in [5.74, 6) is -0.357. The minimum absolute atomic E-state index is 0.0578. The van der Waals surface area contributed by atoms with E-state index < -0.39 is 10.0 Å². The summed E-state index contributed by atoms with van der Waals surface area (Å²) < 4.78 is 40.2. The molecule has 5 N–H and O–H groups in total. The highest BCUT2D eigenvalue weighted by atomic mass is 32.2. The van der Waals surface area contributed by atoms with Gasteiger partial charge in [-0.3, -0.25) is 10.7 Å². The largest absolute Gasteiger partial charge is 0.358 e. The summed E-state index contributed by atoms with van der Waals surface area (Å²) in [6.45, 7) is 2.31. The Labute approximate surface area is 151 Å². The lowest BCUT2D eigenvalue weighted by molar-refractivity contribution is -0.458. The number of aromatic nitrogens is 1. The molecule has 0 aliphatic carbocycles. The van der Waals surface area contributed by atoms with Gasteiger partial charge in [-0.05, 0) is 42.8 Å². The molecule has 0 amide bonds. The molecule has 0 bridgehead atoms. The minimum Gasteiger partial charge on any atom is -0.358 e. The van der Waals surface area contributed by atoms with Crippen LogP contribution in [0.5, 0.6) is 0 Å². The maximum atomic E-state index is 13.5. The van der Waals surface area contributed by atoms with Crippen LogP contribution in [0.4, 0.5) is 4.39 Å². The number of guanidine groups is 1. The number of nitrogens with two attached hydrogens (primary N) is 1. The van der Waals surface area contributed by atoms with E-state index >= 15 is 0 Å². The Morgan fingerprint density at radius 3 is 2.69 bits per heavy atom. The van der Waals surface area contributed by atoms with Crippen molar-refractivity contribution in [3.63, 3.8) is 0 Å². The van der Waals surface area contributed by atoms with Gasteiger partial charge in [0.15, 0.2) is 0 Å². The van der Waals surface area contributed by atoms with Crippen LogP contribution in [0.1, 0.15) is 11.3 Å². The Morgan fingerprint density at radius 1 is 1.23 bits per heavy atom. The van der Waals surface area contributed by atoms with E-state index in [4.69, 9.17) is 5.73 Å². The molecule has 0 fully saturated rings. The van der Waals surface area contributed by atoms with Crippen molar-refractivity contribution in [1.29, 1.82) is 0 Å². The first-order chi connectivity index (χ1) is 12.4. The molecule has 0 aliphatic rings. The first kappa shape index (κ1) is 17.9. The summed E-state index contributed by atoms with van der Waals surface area (Å²) in [4.78, 5) is 6.19. The number of halogens is 1. The van der Waals surface area contributed by atoms with E-state index in [1.165, 1.54) is 24.3 Å². The first-order valence-corrected chi connectivity index (χ1v) is 9.56. The van der Waals surface area contributed by atoms with Crippen LogP contribution in [0, 0.1) is 12.7 Å². The number of rotatable bonds is 5. The monoisotopic (exact) mass is 375 g/mol. The van der Waals surface area contributed by atoms with Gasteiger partial charge in [0.25, 0.3) is 0 Å². The Balaban J connectivity index is 1.71. The third kappa shape index (κ3) is 3.85. The third-order valence-corrected chi connectivity index (χ3v) is 5.45. The molecule has 136 valence electrons.